The molecular weight excluding hydrogens is 850 g/mol. The summed E-state index contributed by atoms with van der Waals surface area (Å²) < 4.78 is 290. The van der Waals surface area contributed by atoms with Crippen LogP contribution < -0.4 is 5.19 Å². The molecule has 0 saturated carbocycles. The van der Waals surface area contributed by atoms with E-state index in [1.165, 1.54) is 36.4 Å². The van der Waals surface area contributed by atoms with Crippen LogP contribution in [0.1, 0.15) is 37.8 Å². The summed E-state index contributed by atoms with van der Waals surface area (Å²) in [6.07, 6.45) is -8.76. The molecule has 1 nitrogen and oxygen atoms in total. The van der Waals surface area contributed by atoms with Crippen LogP contribution in [0.4, 0.5) is 92.2 Å². The molecule has 1 aromatic carbocycles. The molecule has 25 heteroatoms. The molecule has 0 N–H and O–H groups in total. The molecule has 1 atom stereocenters. The Morgan fingerprint density at radius 1 is 0.574 bits per heavy atom. The van der Waals surface area contributed by atoms with Gasteiger partial charge in [-0.15, -0.1) is 0 Å². The van der Waals surface area contributed by atoms with E-state index in [4.69, 9.17) is 0 Å². The first-order chi connectivity index (χ1) is 23.5. The van der Waals surface area contributed by atoms with Gasteiger partial charge in [0.05, 0.1) is 8.07 Å². The van der Waals surface area contributed by atoms with Crippen molar-refractivity contribution in [1.29, 1.82) is 0 Å². The van der Waals surface area contributed by atoms with Crippen LogP contribution in [0.3, 0.4) is 0 Å². The third-order valence-corrected chi connectivity index (χ3v) is 16.0. The van der Waals surface area contributed by atoms with E-state index in [9.17, 15) is 92.2 Å². The molecule has 1 aromatic rings. The van der Waals surface area contributed by atoms with Gasteiger partial charge >= 0.3 is 59.5 Å². The lowest BCUT2D eigenvalue weighted by Crippen LogP contribution is -2.76. The van der Waals surface area contributed by atoms with Crippen molar-refractivity contribution in [2.75, 3.05) is 13.1 Å². The van der Waals surface area contributed by atoms with Crippen LogP contribution in [-0.4, -0.2) is 92.8 Å². The van der Waals surface area contributed by atoms with Crippen LogP contribution in [0.25, 0.3) is 0 Å². The highest BCUT2D eigenvalue weighted by Gasteiger charge is 2.97. The van der Waals surface area contributed by atoms with Crippen molar-refractivity contribution in [2.24, 2.45) is 0 Å². The summed E-state index contributed by atoms with van der Waals surface area (Å²) in [5.41, 5.74) is 0.791. The zero-order chi connectivity index (χ0) is 43.0. The summed E-state index contributed by atoms with van der Waals surface area (Å²) in [7, 11) is -5.61. The van der Waals surface area contributed by atoms with Crippen molar-refractivity contribution >= 4 is 31.7 Å². The zero-order valence-electron chi connectivity index (χ0n) is 28.8. The Hall–Kier alpha value is -1.51. The van der Waals surface area contributed by atoms with Crippen molar-refractivity contribution in [1.82, 2.24) is 4.90 Å². The van der Waals surface area contributed by atoms with E-state index in [-0.39, 0.29) is 11.2 Å². The Morgan fingerprint density at radius 2 is 0.944 bits per heavy atom. The second kappa shape index (κ2) is 14.4. The fourth-order valence-corrected chi connectivity index (χ4v) is 11.5. The Labute approximate surface area is 301 Å². The summed E-state index contributed by atoms with van der Waals surface area (Å²) in [6, 6.07) is 3.18. The van der Waals surface area contributed by atoms with Crippen LogP contribution in [0.5, 0.6) is 0 Å². The summed E-state index contributed by atoms with van der Waals surface area (Å²) >= 11 is 1.44. The maximum absolute atomic E-state index is 14.8. The van der Waals surface area contributed by atoms with Gasteiger partial charge in [0.25, 0.3) is 0 Å². The average Bonchev–Trinajstić information content (AvgIpc) is 3.53. The van der Waals surface area contributed by atoms with Gasteiger partial charge in [-0.1, -0.05) is 50.1 Å². The molecular formula is C29H34F21NSSi2. The van der Waals surface area contributed by atoms with Gasteiger partial charge in [-0.05, 0) is 50.5 Å². The lowest BCUT2D eigenvalue weighted by atomic mass is 9.86. The summed E-state index contributed by atoms with van der Waals surface area (Å²) in [6.45, 7) is 11.7. The van der Waals surface area contributed by atoms with Crippen LogP contribution in [0, 0.1) is 0 Å². The van der Waals surface area contributed by atoms with Crippen molar-refractivity contribution in [2.45, 2.75) is 135 Å². The van der Waals surface area contributed by atoms with Gasteiger partial charge in [-0.25, -0.2) is 0 Å². The number of hydrogen-bond donors (Lipinski definition) is 0. The van der Waals surface area contributed by atoms with E-state index in [1.54, 1.807) is 6.07 Å². The fraction of sp³-hybridized carbons (Fsp3) is 0.793. The molecule has 0 radical (unpaired) electrons. The largest absolute Gasteiger partial charge is 0.460 e. The molecule has 1 aliphatic rings. The summed E-state index contributed by atoms with van der Waals surface area (Å²) in [5.74, 6) is -76.7. The average molecular weight is 884 g/mol. The summed E-state index contributed by atoms with van der Waals surface area (Å²) in [5, 5.41) is 0.224. The molecule has 0 spiro atoms. The van der Waals surface area contributed by atoms with E-state index >= 15 is 0 Å². The van der Waals surface area contributed by atoms with Crippen LogP contribution in [0.2, 0.25) is 38.8 Å². The number of halogens is 21. The number of hydrogen-bond acceptors (Lipinski definition) is 2. The third-order valence-electron chi connectivity index (χ3n) is 8.99. The molecule has 1 aliphatic heterocycles. The normalized spacial score (nSPS) is 18.1. The molecule has 1 heterocycles. The highest BCUT2D eigenvalue weighted by molar-refractivity contribution is 8.28. The van der Waals surface area contributed by atoms with Crippen molar-refractivity contribution in [3.05, 3.63) is 23.8 Å². The molecule has 316 valence electrons. The zero-order valence-corrected chi connectivity index (χ0v) is 31.7. The number of likely N-dealkylation sites (tertiary alicyclic amines) is 1. The quantitative estimate of drug-likeness (QED) is 0.120. The molecule has 54 heavy (non-hydrogen) atoms. The molecule has 1 saturated heterocycles. The van der Waals surface area contributed by atoms with Crippen LogP contribution in [0.15, 0.2) is 23.1 Å². The smallest absolute Gasteiger partial charge is 0.297 e. The minimum Gasteiger partial charge on any atom is -0.297 e. The monoisotopic (exact) mass is 883 g/mol. The lowest BCUT2D eigenvalue weighted by Gasteiger charge is -2.44. The Bertz CT molecular complexity index is 1480. The van der Waals surface area contributed by atoms with E-state index in [2.05, 4.69) is 4.90 Å². The lowest BCUT2D eigenvalue weighted by molar-refractivity contribution is -0.474. The SMILES string of the molecule is C[C@H](c1ccc([Si](C)(C)CCC(F)(F)C(F)(F)C(F)(F)C(F)(F)C(F)(F)C(F)(F)C(F)(F)C(F)(F)C(F)(F)C(F)(F)F)cc1S[Si](C)(C)C)N1CCCC1. The molecule has 0 amide bonds. The van der Waals surface area contributed by atoms with Gasteiger partial charge in [-0.2, -0.15) is 103 Å². The fourth-order valence-electron chi connectivity index (χ4n) is 5.41. The minimum atomic E-state index is -9.17. The topological polar surface area (TPSA) is 3.24 Å². The number of nitrogens with zero attached hydrogens (tertiary/aromatic N) is 1. The molecule has 0 aliphatic carbocycles. The van der Waals surface area contributed by atoms with Gasteiger partial charge in [0.15, 0.2) is 0 Å². The highest BCUT2D eigenvalue weighted by atomic mass is 32.4. The second-order valence-electron chi connectivity index (χ2n) is 14.6. The predicted molar refractivity (Wildman–Crippen MR) is 162 cm³/mol. The van der Waals surface area contributed by atoms with Gasteiger partial charge < -0.3 is 0 Å². The van der Waals surface area contributed by atoms with Crippen molar-refractivity contribution in [3.63, 3.8) is 0 Å². The predicted octanol–water partition coefficient (Wildman–Crippen LogP) is 12.4. The Kier molecular flexibility index (Phi) is 13.0. The maximum atomic E-state index is 14.8. The molecule has 0 aromatic heterocycles. The van der Waals surface area contributed by atoms with Gasteiger partial charge in [0, 0.05) is 17.4 Å². The number of alkyl halides is 21. The minimum absolute atomic E-state index is 0.157. The standard InChI is InChI=1S/C29H34F21NSSi2/c1-16(51-12-7-8-13-51)18-10-9-17(15-19(18)52-53(2,3)4)54(5,6)14-11-20(30,31)21(32,33)22(34,35)23(36,37)24(38,39)25(40,41)26(42,43)27(44,45)28(46,47)29(48,49)50/h9-10,15-16H,7-8,11-14H2,1-6H3/t16-/m1/s1. The van der Waals surface area contributed by atoms with Crippen LogP contribution in [-0.2, 0) is 0 Å². The number of rotatable bonds is 16. The maximum Gasteiger partial charge on any atom is 0.460 e. The molecule has 1 fully saturated rings. The first kappa shape index (κ1) is 48.6. The van der Waals surface area contributed by atoms with Gasteiger partial charge in [0.1, 0.15) is 7.22 Å². The van der Waals surface area contributed by atoms with E-state index in [0.29, 0.717) is 4.90 Å². The van der Waals surface area contributed by atoms with E-state index < -0.39 is 87.2 Å². The Balaban J connectivity index is 2.53. The number of benzene rings is 1. The molecule has 2 rings (SSSR count). The Morgan fingerprint density at radius 3 is 1.31 bits per heavy atom. The highest BCUT2D eigenvalue weighted by Crippen LogP contribution is 2.66. The first-order valence-corrected chi connectivity index (χ1v) is 23.8. The molecule has 0 bridgehead atoms. The van der Waals surface area contributed by atoms with Gasteiger partial charge in [0.2, 0.25) is 0 Å². The molecule has 0 unspecified atom stereocenters. The second-order valence-corrected chi connectivity index (χ2v) is 28.6. The van der Waals surface area contributed by atoms with Crippen molar-refractivity contribution in [3.8, 4) is 0 Å². The van der Waals surface area contributed by atoms with Gasteiger partial charge in [-0.3, -0.25) is 4.90 Å². The van der Waals surface area contributed by atoms with E-state index in [1.807, 2.05) is 26.6 Å². The van der Waals surface area contributed by atoms with Crippen molar-refractivity contribution < 1.29 is 92.2 Å². The summed E-state index contributed by atoms with van der Waals surface area (Å²) in [4.78, 5) is 2.79. The first-order valence-electron chi connectivity index (χ1n) is 15.6. The van der Waals surface area contributed by atoms with Crippen LogP contribution >= 0.6 is 11.2 Å². The third kappa shape index (κ3) is 7.85. The van der Waals surface area contributed by atoms with E-state index in [0.717, 1.165) is 31.5 Å².